The highest BCUT2D eigenvalue weighted by molar-refractivity contribution is 5.99. The molecule has 0 bridgehead atoms. The van der Waals surface area contributed by atoms with Crippen LogP contribution in [0.3, 0.4) is 0 Å². The summed E-state index contributed by atoms with van der Waals surface area (Å²) in [6, 6.07) is 14.7. The second-order valence-electron chi connectivity index (χ2n) is 4.06. The Hall–Kier alpha value is -2.87. The molecule has 1 amide bonds. The number of benzene rings is 2. The Morgan fingerprint density at radius 2 is 1.90 bits per heavy atom. The Bertz CT molecular complexity index is 689. The Labute approximate surface area is 115 Å². The molecule has 0 saturated heterocycles. The summed E-state index contributed by atoms with van der Waals surface area (Å²) in [6.07, 6.45) is 0. The first-order valence-corrected chi connectivity index (χ1v) is 6.00. The van der Waals surface area contributed by atoms with Crippen molar-refractivity contribution < 1.29 is 14.3 Å². The summed E-state index contributed by atoms with van der Waals surface area (Å²) in [5, 5.41) is 12.7. The van der Waals surface area contributed by atoms with Gasteiger partial charge in [0.25, 0.3) is 5.91 Å². The molecule has 0 fully saturated rings. The fraction of sp³-hybridized carbons (Fsp3) is 0.133. The highest BCUT2D eigenvalue weighted by Gasteiger charge is 2.09. The van der Waals surface area contributed by atoms with Crippen molar-refractivity contribution in [3.05, 3.63) is 48.0 Å². The monoisotopic (exact) mass is 268 g/mol. The first-order chi connectivity index (χ1) is 9.70. The number of rotatable bonds is 4. The first-order valence-electron chi connectivity index (χ1n) is 6.00. The van der Waals surface area contributed by atoms with Crippen molar-refractivity contribution in [2.24, 2.45) is 0 Å². The molecule has 0 heterocycles. The van der Waals surface area contributed by atoms with Crippen molar-refractivity contribution in [2.45, 2.75) is 0 Å². The van der Waals surface area contributed by atoms with Crippen LogP contribution in [0.15, 0.2) is 42.5 Å². The van der Waals surface area contributed by atoms with E-state index in [1.165, 1.54) is 0 Å². The van der Waals surface area contributed by atoms with Gasteiger partial charge in [0.1, 0.15) is 12.6 Å². The third-order valence-corrected chi connectivity index (χ3v) is 2.70. The maximum atomic E-state index is 11.9. The lowest BCUT2D eigenvalue weighted by Gasteiger charge is -2.05. The van der Waals surface area contributed by atoms with Gasteiger partial charge in [-0.05, 0) is 22.9 Å². The van der Waals surface area contributed by atoms with Gasteiger partial charge in [-0.2, -0.15) is 5.26 Å². The smallest absolute Gasteiger partial charge is 0.326 e. The van der Waals surface area contributed by atoms with E-state index in [0.29, 0.717) is 5.56 Å². The van der Waals surface area contributed by atoms with Crippen LogP contribution >= 0.6 is 0 Å². The van der Waals surface area contributed by atoms with Crippen LogP contribution in [0, 0.1) is 11.3 Å². The van der Waals surface area contributed by atoms with Gasteiger partial charge in [-0.15, -0.1) is 0 Å². The van der Waals surface area contributed by atoms with Gasteiger partial charge in [-0.3, -0.25) is 9.59 Å². The lowest BCUT2D eigenvalue weighted by molar-refractivity contribution is -0.140. The zero-order valence-electron chi connectivity index (χ0n) is 10.6. The van der Waals surface area contributed by atoms with Crippen LogP contribution in [0.1, 0.15) is 10.4 Å². The second kappa shape index (κ2) is 6.34. The van der Waals surface area contributed by atoms with Gasteiger partial charge in [0.05, 0.1) is 0 Å². The van der Waals surface area contributed by atoms with Gasteiger partial charge in [-0.1, -0.05) is 30.3 Å². The number of carbonyl (C=O) groups is 2. The van der Waals surface area contributed by atoms with E-state index in [0.717, 1.165) is 10.8 Å². The average molecular weight is 268 g/mol. The normalized spacial score (nSPS) is 9.75. The van der Waals surface area contributed by atoms with Gasteiger partial charge in [0.15, 0.2) is 6.61 Å². The molecule has 0 aromatic heterocycles. The summed E-state index contributed by atoms with van der Waals surface area (Å²) in [6.45, 7) is -0.571. The number of carbonyl (C=O) groups excluding carboxylic acids is 2. The molecule has 2 rings (SSSR count). The van der Waals surface area contributed by atoms with Crippen LogP contribution in [-0.2, 0) is 9.53 Å². The van der Waals surface area contributed by atoms with Gasteiger partial charge >= 0.3 is 5.97 Å². The summed E-state index contributed by atoms with van der Waals surface area (Å²) in [7, 11) is 0. The first kappa shape index (κ1) is 13.6. The molecule has 0 atom stereocenters. The zero-order valence-corrected chi connectivity index (χ0v) is 10.6. The fourth-order valence-corrected chi connectivity index (χ4v) is 1.75. The Morgan fingerprint density at radius 3 is 2.65 bits per heavy atom. The summed E-state index contributed by atoms with van der Waals surface area (Å²) >= 11 is 0. The molecule has 100 valence electrons. The van der Waals surface area contributed by atoms with Crippen LogP contribution < -0.4 is 5.32 Å². The Balaban J connectivity index is 2.01. The van der Waals surface area contributed by atoms with E-state index in [-0.39, 0.29) is 19.1 Å². The maximum absolute atomic E-state index is 11.9. The lowest BCUT2D eigenvalue weighted by Crippen LogP contribution is -2.30. The maximum Gasteiger partial charge on any atom is 0.326 e. The van der Waals surface area contributed by atoms with Crippen molar-refractivity contribution in [3.63, 3.8) is 0 Å². The quantitative estimate of drug-likeness (QED) is 0.855. The van der Waals surface area contributed by atoms with E-state index >= 15 is 0 Å². The second-order valence-corrected chi connectivity index (χ2v) is 4.06. The van der Waals surface area contributed by atoms with E-state index in [2.05, 4.69) is 10.1 Å². The third-order valence-electron chi connectivity index (χ3n) is 2.70. The summed E-state index contributed by atoms with van der Waals surface area (Å²) in [4.78, 5) is 23.0. The van der Waals surface area contributed by atoms with Crippen LogP contribution in [0.25, 0.3) is 10.8 Å². The topological polar surface area (TPSA) is 79.2 Å². The van der Waals surface area contributed by atoms with Crippen LogP contribution in [0.5, 0.6) is 0 Å². The SMILES string of the molecule is N#CCOC(=O)CNC(=O)c1ccc2ccccc2c1. The largest absolute Gasteiger partial charge is 0.449 e. The lowest BCUT2D eigenvalue weighted by atomic mass is 10.1. The number of nitrogens with zero attached hydrogens (tertiary/aromatic N) is 1. The molecule has 0 aliphatic carbocycles. The number of ether oxygens (including phenoxy) is 1. The minimum Gasteiger partial charge on any atom is -0.449 e. The molecule has 0 spiro atoms. The van der Waals surface area contributed by atoms with E-state index < -0.39 is 5.97 Å². The predicted octanol–water partition coefficient (Wildman–Crippen LogP) is 1.64. The summed E-state index contributed by atoms with van der Waals surface area (Å²) < 4.78 is 4.53. The molecule has 0 unspecified atom stereocenters. The molecule has 0 aliphatic heterocycles. The number of nitrogens with one attached hydrogen (secondary N) is 1. The Kier molecular flexibility index (Phi) is 4.30. The van der Waals surface area contributed by atoms with E-state index in [1.807, 2.05) is 30.3 Å². The summed E-state index contributed by atoms with van der Waals surface area (Å²) in [5.41, 5.74) is 0.469. The van der Waals surface area contributed by atoms with Gasteiger partial charge < -0.3 is 10.1 Å². The van der Waals surface area contributed by atoms with Crippen LogP contribution in [0.2, 0.25) is 0 Å². The molecule has 20 heavy (non-hydrogen) atoms. The molecule has 0 aliphatic rings. The minimum atomic E-state index is -0.638. The molecule has 5 heteroatoms. The van der Waals surface area contributed by atoms with Crippen molar-refractivity contribution in [2.75, 3.05) is 13.2 Å². The number of hydrogen-bond donors (Lipinski definition) is 1. The predicted molar refractivity (Wildman–Crippen MR) is 72.9 cm³/mol. The Morgan fingerprint density at radius 1 is 1.15 bits per heavy atom. The number of hydrogen-bond acceptors (Lipinski definition) is 4. The van der Waals surface area contributed by atoms with Gasteiger partial charge in [-0.25, -0.2) is 0 Å². The van der Waals surface area contributed by atoms with Crippen molar-refractivity contribution in [1.29, 1.82) is 5.26 Å². The van der Waals surface area contributed by atoms with Crippen LogP contribution in [0.4, 0.5) is 0 Å². The molecule has 2 aromatic rings. The average Bonchev–Trinajstić information content (AvgIpc) is 2.50. The van der Waals surface area contributed by atoms with Crippen molar-refractivity contribution in [3.8, 4) is 6.07 Å². The standard InChI is InChI=1S/C15H12N2O3/c16-7-8-20-14(18)10-17-15(19)13-6-5-11-3-1-2-4-12(11)9-13/h1-6,9H,8,10H2,(H,17,19). The molecule has 5 nitrogen and oxygen atoms in total. The molecular weight excluding hydrogens is 256 g/mol. The summed E-state index contributed by atoms with van der Waals surface area (Å²) in [5.74, 6) is -0.995. The molecule has 2 aromatic carbocycles. The van der Waals surface area contributed by atoms with Crippen molar-refractivity contribution in [1.82, 2.24) is 5.32 Å². The number of esters is 1. The highest BCUT2D eigenvalue weighted by atomic mass is 16.5. The number of fused-ring (bicyclic) bond motifs is 1. The van der Waals surface area contributed by atoms with Gasteiger partial charge in [0, 0.05) is 5.56 Å². The number of amides is 1. The van der Waals surface area contributed by atoms with E-state index in [4.69, 9.17) is 5.26 Å². The number of nitriles is 1. The van der Waals surface area contributed by atoms with Gasteiger partial charge in [0.2, 0.25) is 0 Å². The minimum absolute atomic E-state index is 0.257. The van der Waals surface area contributed by atoms with Crippen molar-refractivity contribution >= 4 is 22.6 Å². The third kappa shape index (κ3) is 3.33. The van der Waals surface area contributed by atoms with E-state index in [9.17, 15) is 9.59 Å². The highest BCUT2D eigenvalue weighted by Crippen LogP contribution is 2.15. The molecular formula is C15H12N2O3. The molecule has 1 N–H and O–H groups in total. The van der Waals surface area contributed by atoms with Crippen LogP contribution in [-0.4, -0.2) is 25.0 Å². The molecule has 0 saturated carbocycles. The van der Waals surface area contributed by atoms with E-state index in [1.54, 1.807) is 18.2 Å². The fourth-order valence-electron chi connectivity index (χ4n) is 1.75. The molecule has 0 radical (unpaired) electrons. The zero-order chi connectivity index (χ0) is 14.4.